The Balaban J connectivity index is 1.10. The van der Waals surface area contributed by atoms with Gasteiger partial charge in [-0.3, -0.25) is 0 Å². The first-order valence-corrected chi connectivity index (χ1v) is 14.4. The molecule has 0 spiro atoms. The summed E-state index contributed by atoms with van der Waals surface area (Å²) in [5.41, 5.74) is 3.68. The number of halogens is 2. The van der Waals surface area contributed by atoms with Crippen molar-refractivity contribution in [2.24, 2.45) is 11.8 Å². The summed E-state index contributed by atoms with van der Waals surface area (Å²) < 4.78 is 32.4. The maximum Gasteiger partial charge on any atom is 0.223 e. The van der Waals surface area contributed by atoms with Gasteiger partial charge >= 0.3 is 0 Å². The molecule has 0 amide bonds. The van der Waals surface area contributed by atoms with Crippen molar-refractivity contribution in [3.05, 3.63) is 78.3 Å². The van der Waals surface area contributed by atoms with E-state index in [2.05, 4.69) is 49.6 Å². The molecule has 2 aromatic heterocycles. The Labute approximate surface area is 233 Å². The number of benzene rings is 2. The molecule has 1 saturated heterocycles. The molecule has 0 bridgehead atoms. The zero-order valence-corrected chi connectivity index (χ0v) is 22.8. The summed E-state index contributed by atoms with van der Waals surface area (Å²) in [5.74, 6) is 1.54. The van der Waals surface area contributed by atoms with E-state index in [1.54, 1.807) is 19.2 Å². The Hall–Kier alpha value is -3.81. The van der Waals surface area contributed by atoms with Crippen LogP contribution in [0.2, 0.25) is 0 Å². The molecule has 1 aliphatic heterocycles. The van der Waals surface area contributed by atoms with Crippen molar-refractivity contribution >= 4 is 11.5 Å². The molecule has 208 valence electrons. The molecule has 8 heteroatoms. The zero-order chi connectivity index (χ0) is 27.5. The molecular weight excluding hydrogens is 508 g/mol. The highest BCUT2D eigenvalue weighted by molar-refractivity contribution is 5.66. The minimum absolute atomic E-state index is 0.356. The molecule has 4 aromatic rings. The monoisotopic (exact) mass is 543 g/mol. The lowest BCUT2D eigenvalue weighted by Crippen LogP contribution is -2.39. The minimum atomic E-state index is -0.837. The molecule has 1 saturated carbocycles. The SMILES string of the molecule is Cc1nc(-c2ccc(N3CCC[C@H](C[C@@H]4CCCC[C@H]4Nc4cc(-c5ccc(F)c(F)c5)ccn4)C3)cc2)no1. The van der Waals surface area contributed by atoms with Crippen LogP contribution in [0.5, 0.6) is 0 Å². The van der Waals surface area contributed by atoms with Crippen LogP contribution < -0.4 is 10.2 Å². The van der Waals surface area contributed by atoms with Gasteiger partial charge in [-0.2, -0.15) is 4.98 Å². The van der Waals surface area contributed by atoms with Crippen LogP contribution in [-0.4, -0.2) is 34.3 Å². The van der Waals surface area contributed by atoms with Crippen LogP contribution in [0.15, 0.2) is 65.3 Å². The maximum atomic E-state index is 13.8. The van der Waals surface area contributed by atoms with Gasteiger partial charge in [-0.05, 0) is 104 Å². The third-order valence-corrected chi connectivity index (χ3v) is 8.43. The average Bonchev–Trinajstić information content (AvgIpc) is 3.42. The smallest absolute Gasteiger partial charge is 0.223 e. The standard InChI is InChI=1S/C32H35F2N5O/c1-21-36-32(38-40-21)23-8-11-27(12-9-23)39-16-4-5-22(20-39)17-26-6-2-3-7-30(26)37-31-19-25(14-15-35-31)24-10-13-28(33)29(34)18-24/h8-15,18-19,22,26,30H,2-7,16-17,20H2,1H3,(H,35,37)/t22-,26+,30-/m1/s1. The van der Waals surface area contributed by atoms with Crippen molar-refractivity contribution in [2.75, 3.05) is 23.3 Å². The summed E-state index contributed by atoms with van der Waals surface area (Å²) >= 11 is 0. The van der Waals surface area contributed by atoms with Crippen molar-refractivity contribution in [3.8, 4) is 22.5 Å². The van der Waals surface area contributed by atoms with Gasteiger partial charge in [0.2, 0.25) is 11.7 Å². The van der Waals surface area contributed by atoms with Crippen LogP contribution in [0.4, 0.5) is 20.3 Å². The van der Waals surface area contributed by atoms with Gasteiger partial charge in [0.1, 0.15) is 5.82 Å². The molecule has 3 heterocycles. The van der Waals surface area contributed by atoms with Gasteiger partial charge in [-0.15, -0.1) is 0 Å². The summed E-state index contributed by atoms with van der Waals surface area (Å²) in [6.45, 7) is 3.94. The fourth-order valence-electron chi connectivity index (χ4n) is 6.39. The molecule has 2 aromatic carbocycles. The molecule has 1 N–H and O–H groups in total. The number of anilines is 2. The Kier molecular flexibility index (Phi) is 7.75. The van der Waals surface area contributed by atoms with Crippen molar-refractivity contribution in [2.45, 2.75) is 57.9 Å². The summed E-state index contributed by atoms with van der Waals surface area (Å²) in [6.07, 6.45) is 10.2. The highest BCUT2D eigenvalue weighted by atomic mass is 19.2. The number of pyridine rings is 1. The number of hydrogen-bond acceptors (Lipinski definition) is 6. The molecule has 0 radical (unpaired) electrons. The lowest BCUT2D eigenvalue weighted by molar-refractivity contribution is 0.247. The fourth-order valence-corrected chi connectivity index (χ4v) is 6.39. The Morgan fingerprint density at radius 1 is 0.900 bits per heavy atom. The third kappa shape index (κ3) is 6.01. The van der Waals surface area contributed by atoms with Crippen LogP contribution in [0.1, 0.15) is 50.8 Å². The highest BCUT2D eigenvalue weighted by Gasteiger charge is 2.30. The maximum absolute atomic E-state index is 13.8. The number of aromatic nitrogens is 3. The zero-order valence-electron chi connectivity index (χ0n) is 22.8. The predicted octanol–water partition coefficient (Wildman–Crippen LogP) is 7.66. The van der Waals surface area contributed by atoms with E-state index in [1.165, 1.54) is 56.3 Å². The molecule has 2 fully saturated rings. The topological polar surface area (TPSA) is 67.1 Å². The van der Waals surface area contributed by atoms with E-state index < -0.39 is 11.6 Å². The molecule has 6 rings (SSSR count). The molecule has 3 atom stereocenters. The van der Waals surface area contributed by atoms with E-state index >= 15 is 0 Å². The minimum Gasteiger partial charge on any atom is -0.371 e. The number of nitrogens with one attached hydrogen (secondary N) is 1. The molecule has 2 aliphatic rings. The first kappa shape index (κ1) is 26.4. The normalized spacial score (nSPS) is 21.4. The first-order chi connectivity index (χ1) is 19.5. The molecular formula is C32H35F2N5O. The Bertz CT molecular complexity index is 1440. The van der Waals surface area contributed by atoms with Crippen molar-refractivity contribution in [1.82, 2.24) is 15.1 Å². The molecule has 0 unspecified atom stereocenters. The first-order valence-electron chi connectivity index (χ1n) is 14.4. The number of rotatable bonds is 7. The van der Waals surface area contributed by atoms with E-state index in [4.69, 9.17) is 4.52 Å². The van der Waals surface area contributed by atoms with Gasteiger partial charge < -0.3 is 14.7 Å². The second kappa shape index (κ2) is 11.7. The number of aryl methyl sites for hydroxylation is 1. The average molecular weight is 544 g/mol. The predicted molar refractivity (Wildman–Crippen MR) is 153 cm³/mol. The van der Waals surface area contributed by atoms with Gasteiger partial charge in [0, 0.05) is 43.5 Å². The van der Waals surface area contributed by atoms with Crippen LogP contribution in [0, 0.1) is 30.4 Å². The van der Waals surface area contributed by atoms with Gasteiger partial charge in [0.25, 0.3) is 0 Å². The fraction of sp³-hybridized carbons (Fsp3) is 0.406. The van der Waals surface area contributed by atoms with E-state index in [9.17, 15) is 8.78 Å². The second-order valence-electron chi connectivity index (χ2n) is 11.2. The van der Waals surface area contributed by atoms with Gasteiger partial charge in [0.15, 0.2) is 11.6 Å². The summed E-state index contributed by atoms with van der Waals surface area (Å²) in [5, 5.41) is 7.74. The van der Waals surface area contributed by atoms with E-state index in [1.807, 2.05) is 12.1 Å². The van der Waals surface area contributed by atoms with E-state index in [0.717, 1.165) is 36.5 Å². The summed E-state index contributed by atoms with van der Waals surface area (Å²) in [4.78, 5) is 11.4. The molecule has 1 aliphatic carbocycles. The van der Waals surface area contributed by atoms with E-state index in [0.29, 0.717) is 35.2 Å². The lowest BCUT2D eigenvalue weighted by Gasteiger charge is -2.39. The Morgan fingerprint density at radius 2 is 1.70 bits per heavy atom. The number of hydrogen-bond donors (Lipinski definition) is 1. The van der Waals surface area contributed by atoms with Crippen molar-refractivity contribution in [1.29, 1.82) is 0 Å². The third-order valence-electron chi connectivity index (χ3n) is 8.43. The van der Waals surface area contributed by atoms with Gasteiger partial charge in [-0.25, -0.2) is 13.8 Å². The van der Waals surface area contributed by atoms with Gasteiger partial charge in [-0.1, -0.05) is 24.1 Å². The molecule has 6 nitrogen and oxygen atoms in total. The van der Waals surface area contributed by atoms with Gasteiger partial charge in [0.05, 0.1) is 0 Å². The van der Waals surface area contributed by atoms with Crippen molar-refractivity contribution in [3.63, 3.8) is 0 Å². The summed E-state index contributed by atoms with van der Waals surface area (Å²) in [7, 11) is 0. The number of piperidine rings is 1. The lowest BCUT2D eigenvalue weighted by atomic mass is 9.77. The van der Waals surface area contributed by atoms with E-state index in [-0.39, 0.29) is 0 Å². The summed E-state index contributed by atoms with van der Waals surface area (Å²) in [6, 6.07) is 16.6. The van der Waals surface area contributed by atoms with Crippen LogP contribution in [-0.2, 0) is 0 Å². The largest absolute Gasteiger partial charge is 0.371 e. The quantitative estimate of drug-likeness (QED) is 0.258. The Morgan fingerprint density at radius 3 is 2.50 bits per heavy atom. The molecule has 40 heavy (non-hydrogen) atoms. The van der Waals surface area contributed by atoms with Crippen LogP contribution in [0.25, 0.3) is 22.5 Å². The second-order valence-corrected chi connectivity index (χ2v) is 11.2. The highest BCUT2D eigenvalue weighted by Crippen LogP contribution is 2.36. The van der Waals surface area contributed by atoms with Crippen LogP contribution in [0.3, 0.4) is 0 Å². The van der Waals surface area contributed by atoms with Crippen molar-refractivity contribution < 1.29 is 13.3 Å². The van der Waals surface area contributed by atoms with Crippen LogP contribution >= 0.6 is 0 Å². The number of nitrogens with zero attached hydrogens (tertiary/aromatic N) is 4.